The lowest BCUT2D eigenvalue weighted by Gasteiger charge is -2.38. The van der Waals surface area contributed by atoms with E-state index in [1.807, 2.05) is 7.05 Å². The minimum absolute atomic E-state index is 0.131. The molecule has 0 bridgehead atoms. The summed E-state index contributed by atoms with van der Waals surface area (Å²) in [6, 6.07) is 8.85. The molecule has 112 valence electrons. The minimum Gasteiger partial charge on any atom is -0.257 e. The van der Waals surface area contributed by atoms with E-state index in [1.165, 1.54) is 36.0 Å². The average Bonchev–Trinajstić information content (AvgIpc) is 2.74. The van der Waals surface area contributed by atoms with Gasteiger partial charge in [0.25, 0.3) is 0 Å². The van der Waals surface area contributed by atoms with Crippen molar-refractivity contribution >= 4 is 27.5 Å². The molecule has 0 aliphatic heterocycles. The Labute approximate surface area is 139 Å². The maximum Gasteiger partial charge on any atom is 0.130 e. The van der Waals surface area contributed by atoms with Gasteiger partial charge in [0.05, 0.1) is 5.69 Å². The molecule has 2 aromatic rings. The molecule has 1 aromatic heterocycles. The summed E-state index contributed by atoms with van der Waals surface area (Å²) in [6.07, 6.45) is 4.57. The maximum atomic E-state index is 6.46. The van der Waals surface area contributed by atoms with Gasteiger partial charge in [-0.05, 0) is 43.7 Å². The molecule has 1 aliphatic carbocycles. The number of halogens is 2. The van der Waals surface area contributed by atoms with Crippen molar-refractivity contribution in [1.82, 2.24) is 9.78 Å². The largest absolute Gasteiger partial charge is 0.257 e. The van der Waals surface area contributed by atoms with E-state index in [0.717, 1.165) is 22.6 Å². The molecule has 4 heteroatoms. The molecule has 0 amide bonds. The normalized spacial score (nSPS) is 21.3. The first-order chi connectivity index (χ1) is 10.1. The van der Waals surface area contributed by atoms with E-state index in [-0.39, 0.29) is 5.41 Å². The molecule has 1 aromatic carbocycles. The number of fused-ring (bicyclic) bond motifs is 1. The van der Waals surface area contributed by atoms with Gasteiger partial charge in [0.1, 0.15) is 5.15 Å². The predicted octanol–water partition coefficient (Wildman–Crippen LogP) is 4.59. The molecule has 0 saturated carbocycles. The average molecular weight is 368 g/mol. The maximum absolute atomic E-state index is 6.46. The predicted molar refractivity (Wildman–Crippen MR) is 91.5 cm³/mol. The zero-order valence-electron chi connectivity index (χ0n) is 12.5. The number of hydrogen-bond donors (Lipinski definition) is 0. The fraction of sp³-hybridized carbons (Fsp3) is 0.471. The van der Waals surface area contributed by atoms with Crippen LogP contribution in [0.5, 0.6) is 0 Å². The van der Waals surface area contributed by atoms with Gasteiger partial charge in [-0.2, -0.15) is 5.10 Å². The first-order valence-electron chi connectivity index (χ1n) is 7.40. The van der Waals surface area contributed by atoms with Crippen molar-refractivity contribution < 1.29 is 0 Å². The molecule has 0 N–H and O–H groups in total. The number of hydrogen-bond acceptors (Lipinski definition) is 1. The van der Waals surface area contributed by atoms with Gasteiger partial charge < -0.3 is 0 Å². The lowest BCUT2D eigenvalue weighted by molar-refractivity contribution is 0.401. The highest BCUT2D eigenvalue weighted by atomic mass is 79.9. The van der Waals surface area contributed by atoms with Crippen molar-refractivity contribution in [2.75, 3.05) is 5.33 Å². The van der Waals surface area contributed by atoms with Crippen LogP contribution in [0.15, 0.2) is 24.3 Å². The molecule has 0 radical (unpaired) electrons. The Hall–Kier alpha value is -0.800. The van der Waals surface area contributed by atoms with E-state index >= 15 is 0 Å². The summed E-state index contributed by atoms with van der Waals surface area (Å²) in [5.41, 5.74) is 5.33. The lowest BCUT2D eigenvalue weighted by atomic mass is 9.68. The van der Waals surface area contributed by atoms with Crippen molar-refractivity contribution in [2.45, 2.75) is 38.0 Å². The summed E-state index contributed by atoms with van der Waals surface area (Å²) in [6.45, 7) is 2.05. The molecule has 0 fully saturated rings. The monoisotopic (exact) mass is 366 g/mol. The van der Waals surface area contributed by atoms with E-state index in [2.05, 4.69) is 52.2 Å². The summed E-state index contributed by atoms with van der Waals surface area (Å²) in [4.78, 5) is 0. The summed E-state index contributed by atoms with van der Waals surface area (Å²) in [7, 11) is 1.91. The highest BCUT2D eigenvalue weighted by Crippen LogP contribution is 2.42. The van der Waals surface area contributed by atoms with Crippen LogP contribution in [0.3, 0.4) is 0 Å². The van der Waals surface area contributed by atoms with Crippen LogP contribution < -0.4 is 0 Å². The molecular formula is C17H20BrClN2. The lowest BCUT2D eigenvalue weighted by Crippen LogP contribution is -2.35. The topological polar surface area (TPSA) is 17.8 Å². The quantitative estimate of drug-likeness (QED) is 0.725. The Morgan fingerprint density at radius 2 is 2.14 bits per heavy atom. The van der Waals surface area contributed by atoms with Crippen LogP contribution in [-0.4, -0.2) is 15.1 Å². The summed E-state index contributed by atoms with van der Waals surface area (Å²) in [5.74, 6) is 0. The molecule has 2 nitrogen and oxygen atoms in total. The Kier molecular flexibility index (Phi) is 4.15. The van der Waals surface area contributed by atoms with E-state index in [0.29, 0.717) is 0 Å². The summed E-state index contributed by atoms with van der Waals surface area (Å²) >= 11 is 10.2. The highest BCUT2D eigenvalue weighted by Gasteiger charge is 2.37. The number of aromatic nitrogens is 2. The third kappa shape index (κ3) is 2.55. The number of benzene rings is 1. The summed E-state index contributed by atoms with van der Waals surface area (Å²) < 4.78 is 1.78. The van der Waals surface area contributed by atoms with E-state index < -0.39 is 0 Å². The van der Waals surface area contributed by atoms with E-state index in [9.17, 15) is 0 Å². The standard InChI is InChI=1S/C17H20BrClN2/c1-12-14(16(19)21(2)20-12)10-17(11-18)9-5-7-13-6-3-4-8-15(13)17/h3-4,6,8H,5,7,9-11H2,1-2H3. The minimum atomic E-state index is 0.131. The number of rotatable bonds is 3. The zero-order valence-corrected chi connectivity index (χ0v) is 14.8. The molecular weight excluding hydrogens is 348 g/mol. The molecule has 1 unspecified atom stereocenters. The van der Waals surface area contributed by atoms with Crippen LogP contribution in [0.4, 0.5) is 0 Å². The SMILES string of the molecule is Cc1nn(C)c(Cl)c1CC1(CBr)CCCc2ccccc21. The van der Waals surface area contributed by atoms with Gasteiger partial charge in [-0.1, -0.05) is 51.8 Å². The number of nitrogens with zero attached hydrogens (tertiary/aromatic N) is 2. The van der Waals surface area contributed by atoms with E-state index in [1.54, 1.807) is 4.68 Å². The van der Waals surface area contributed by atoms with Gasteiger partial charge in [0, 0.05) is 23.4 Å². The first-order valence-corrected chi connectivity index (χ1v) is 8.90. The Bertz CT molecular complexity index is 665. The molecule has 1 atom stereocenters. The van der Waals surface area contributed by atoms with Gasteiger partial charge in [-0.25, -0.2) is 0 Å². The van der Waals surface area contributed by atoms with Gasteiger partial charge in [-0.15, -0.1) is 0 Å². The smallest absolute Gasteiger partial charge is 0.130 e. The van der Waals surface area contributed by atoms with Crippen LogP contribution in [0, 0.1) is 6.92 Å². The first kappa shape index (κ1) is 15.1. The third-order valence-electron chi connectivity index (χ3n) is 4.73. The third-order valence-corrected chi connectivity index (χ3v) is 6.28. The van der Waals surface area contributed by atoms with Gasteiger partial charge in [0.2, 0.25) is 0 Å². The molecule has 3 rings (SSSR count). The van der Waals surface area contributed by atoms with Crippen LogP contribution in [0.25, 0.3) is 0 Å². The molecule has 1 aliphatic rings. The second-order valence-corrected chi connectivity index (χ2v) is 7.00. The highest BCUT2D eigenvalue weighted by molar-refractivity contribution is 9.09. The number of alkyl halides is 1. The fourth-order valence-corrected chi connectivity index (χ4v) is 4.61. The Morgan fingerprint density at radius 3 is 2.81 bits per heavy atom. The molecule has 0 spiro atoms. The zero-order chi connectivity index (χ0) is 15.0. The van der Waals surface area contributed by atoms with Crippen LogP contribution >= 0.6 is 27.5 Å². The molecule has 21 heavy (non-hydrogen) atoms. The van der Waals surface area contributed by atoms with Crippen LogP contribution in [0.2, 0.25) is 5.15 Å². The Balaban J connectivity index is 2.06. The molecule has 0 saturated heterocycles. The van der Waals surface area contributed by atoms with Crippen molar-refractivity contribution in [1.29, 1.82) is 0 Å². The number of aryl methyl sites for hydroxylation is 3. The summed E-state index contributed by atoms with van der Waals surface area (Å²) in [5, 5.41) is 6.20. The fourth-order valence-electron chi connectivity index (χ4n) is 3.59. The van der Waals surface area contributed by atoms with Crippen molar-refractivity contribution in [2.24, 2.45) is 7.05 Å². The van der Waals surface area contributed by atoms with Gasteiger partial charge >= 0.3 is 0 Å². The second kappa shape index (κ2) is 5.77. The Morgan fingerprint density at radius 1 is 1.38 bits per heavy atom. The van der Waals surface area contributed by atoms with Gasteiger partial charge in [0.15, 0.2) is 0 Å². The van der Waals surface area contributed by atoms with Crippen LogP contribution in [-0.2, 0) is 25.3 Å². The van der Waals surface area contributed by atoms with Gasteiger partial charge in [-0.3, -0.25) is 4.68 Å². The van der Waals surface area contributed by atoms with Crippen molar-refractivity contribution in [3.8, 4) is 0 Å². The van der Waals surface area contributed by atoms with E-state index in [4.69, 9.17) is 11.6 Å². The van der Waals surface area contributed by atoms with Crippen molar-refractivity contribution in [3.63, 3.8) is 0 Å². The second-order valence-electron chi connectivity index (χ2n) is 6.08. The van der Waals surface area contributed by atoms with Crippen LogP contribution in [0.1, 0.15) is 35.2 Å². The molecule has 1 heterocycles. The van der Waals surface area contributed by atoms with Crippen molar-refractivity contribution in [3.05, 3.63) is 51.8 Å².